The Kier molecular flexibility index (Phi) is 5.83. The topological polar surface area (TPSA) is 12.0 Å². The number of hydrogen-bond donors (Lipinski definition) is 1. The quantitative estimate of drug-likeness (QED) is 0.686. The van der Waals surface area contributed by atoms with Crippen LogP contribution >= 0.6 is 0 Å². The number of benzene rings is 2. The molecule has 2 rings (SSSR count). The van der Waals surface area contributed by atoms with Gasteiger partial charge in [0.15, 0.2) is 0 Å². The summed E-state index contributed by atoms with van der Waals surface area (Å²) in [6.45, 7) is 11.5. The van der Waals surface area contributed by atoms with Crippen molar-refractivity contribution in [3.8, 4) is 0 Å². The predicted octanol–water partition coefficient (Wildman–Crippen LogP) is 5.74. The molecule has 1 N–H and O–H groups in total. The van der Waals surface area contributed by atoms with Crippen molar-refractivity contribution in [2.75, 3.05) is 11.9 Å². The monoisotopic (exact) mass is 293 g/mol. The highest BCUT2D eigenvalue weighted by Gasteiger charge is 2.06. The van der Waals surface area contributed by atoms with Crippen LogP contribution in [0.1, 0.15) is 43.4 Å². The zero-order valence-electron chi connectivity index (χ0n) is 14.0. The Morgan fingerprint density at radius 2 is 1.59 bits per heavy atom. The van der Waals surface area contributed by atoms with E-state index in [1.54, 1.807) is 0 Å². The molecule has 0 aliphatic rings. The van der Waals surface area contributed by atoms with E-state index >= 15 is 0 Å². The van der Waals surface area contributed by atoms with Gasteiger partial charge in [-0.1, -0.05) is 69.8 Å². The molecular formula is C21H27N. The largest absolute Gasteiger partial charge is 0.384 e. The number of rotatable bonds is 7. The van der Waals surface area contributed by atoms with Gasteiger partial charge < -0.3 is 5.32 Å². The van der Waals surface area contributed by atoms with Gasteiger partial charge in [0.25, 0.3) is 0 Å². The zero-order chi connectivity index (χ0) is 15.9. The molecule has 22 heavy (non-hydrogen) atoms. The highest BCUT2D eigenvalue weighted by Crippen LogP contribution is 2.19. The van der Waals surface area contributed by atoms with Gasteiger partial charge in [-0.2, -0.15) is 0 Å². The van der Waals surface area contributed by atoms with Gasteiger partial charge in [-0.15, -0.1) is 0 Å². The van der Waals surface area contributed by atoms with E-state index in [1.807, 2.05) is 6.08 Å². The van der Waals surface area contributed by atoms with Crippen LogP contribution in [-0.4, -0.2) is 6.54 Å². The second-order valence-corrected chi connectivity index (χ2v) is 6.45. The van der Waals surface area contributed by atoms with Crippen LogP contribution in [0.25, 0.3) is 6.08 Å². The summed E-state index contributed by atoms with van der Waals surface area (Å²) in [6.07, 6.45) is 3.02. The highest BCUT2D eigenvalue weighted by atomic mass is 14.9. The summed E-state index contributed by atoms with van der Waals surface area (Å²) in [5.41, 5.74) is 5.13. The van der Waals surface area contributed by atoms with E-state index in [1.165, 1.54) is 11.1 Å². The van der Waals surface area contributed by atoms with Gasteiger partial charge in [-0.3, -0.25) is 0 Å². The van der Waals surface area contributed by atoms with Crippen molar-refractivity contribution in [3.63, 3.8) is 0 Å². The molecular weight excluding hydrogens is 266 g/mol. The van der Waals surface area contributed by atoms with Crippen LogP contribution in [-0.2, 0) is 6.42 Å². The van der Waals surface area contributed by atoms with Gasteiger partial charge in [-0.25, -0.2) is 0 Å². The number of hydrogen-bond acceptors (Lipinski definition) is 1. The molecule has 0 spiro atoms. The Labute approximate surface area is 135 Å². The highest BCUT2D eigenvalue weighted by molar-refractivity contribution is 5.53. The molecule has 1 heteroatoms. The van der Waals surface area contributed by atoms with Crippen molar-refractivity contribution in [2.24, 2.45) is 5.92 Å². The van der Waals surface area contributed by atoms with Crippen molar-refractivity contribution < 1.29 is 0 Å². The van der Waals surface area contributed by atoms with Crippen molar-refractivity contribution in [1.82, 2.24) is 0 Å². The molecule has 0 fully saturated rings. The van der Waals surface area contributed by atoms with E-state index < -0.39 is 0 Å². The van der Waals surface area contributed by atoms with Gasteiger partial charge in [0, 0.05) is 12.2 Å². The van der Waals surface area contributed by atoms with E-state index in [4.69, 9.17) is 0 Å². The molecule has 1 atom stereocenters. The fraction of sp³-hybridized carbons (Fsp3) is 0.333. The second kappa shape index (κ2) is 7.84. The van der Waals surface area contributed by atoms with Crippen molar-refractivity contribution in [1.29, 1.82) is 0 Å². The SMILES string of the molecule is C=Cc1ccc(NCC(C)c2ccc(CC(C)C)cc2)cc1. The number of nitrogens with one attached hydrogen (secondary N) is 1. The van der Waals surface area contributed by atoms with Gasteiger partial charge >= 0.3 is 0 Å². The van der Waals surface area contributed by atoms with Gasteiger partial charge in [0.1, 0.15) is 0 Å². The third-order valence-corrected chi connectivity index (χ3v) is 3.95. The molecule has 0 saturated carbocycles. The van der Waals surface area contributed by atoms with Crippen molar-refractivity contribution in [3.05, 3.63) is 71.8 Å². The van der Waals surface area contributed by atoms with Crippen LogP contribution in [0, 0.1) is 5.92 Å². The summed E-state index contributed by atoms with van der Waals surface area (Å²) >= 11 is 0. The Morgan fingerprint density at radius 3 is 2.14 bits per heavy atom. The van der Waals surface area contributed by atoms with Crippen LogP contribution in [0.2, 0.25) is 0 Å². The number of anilines is 1. The molecule has 0 bridgehead atoms. The lowest BCUT2D eigenvalue weighted by Crippen LogP contribution is -2.09. The molecule has 0 aromatic heterocycles. The third kappa shape index (κ3) is 4.77. The molecule has 0 saturated heterocycles. The molecule has 0 radical (unpaired) electrons. The average Bonchev–Trinajstić information content (AvgIpc) is 2.53. The third-order valence-electron chi connectivity index (χ3n) is 3.95. The lowest BCUT2D eigenvalue weighted by molar-refractivity contribution is 0.647. The van der Waals surface area contributed by atoms with E-state index in [-0.39, 0.29) is 0 Å². The van der Waals surface area contributed by atoms with Crippen molar-refractivity contribution >= 4 is 11.8 Å². The molecule has 0 aliphatic heterocycles. The van der Waals surface area contributed by atoms with Crippen LogP contribution in [0.5, 0.6) is 0 Å². The molecule has 2 aromatic rings. The van der Waals surface area contributed by atoms with E-state index in [0.29, 0.717) is 11.8 Å². The summed E-state index contributed by atoms with van der Waals surface area (Å²) in [5, 5.41) is 3.51. The normalized spacial score (nSPS) is 12.2. The molecule has 116 valence electrons. The fourth-order valence-corrected chi connectivity index (χ4v) is 2.58. The summed E-state index contributed by atoms with van der Waals surface area (Å²) in [5.74, 6) is 1.20. The van der Waals surface area contributed by atoms with Crippen LogP contribution in [0.15, 0.2) is 55.1 Å². The minimum atomic E-state index is 0.493. The van der Waals surface area contributed by atoms with E-state index in [9.17, 15) is 0 Å². The summed E-state index contributed by atoms with van der Waals surface area (Å²) in [4.78, 5) is 0. The average molecular weight is 293 g/mol. The maximum absolute atomic E-state index is 3.78. The Balaban J connectivity index is 1.90. The van der Waals surface area contributed by atoms with Gasteiger partial charge in [-0.05, 0) is 47.1 Å². The maximum Gasteiger partial charge on any atom is 0.0340 e. The molecule has 2 aromatic carbocycles. The fourth-order valence-electron chi connectivity index (χ4n) is 2.58. The Morgan fingerprint density at radius 1 is 0.955 bits per heavy atom. The standard InChI is InChI=1S/C21H27N/c1-5-18-8-12-21(13-9-18)22-15-17(4)20-10-6-19(7-11-20)14-16(2)3/h5-13,16-17,22H,1,14-15H2,2-4H3. The van der Waals surface area contributed by atoms with E-state index in [0.717, 1.165) is 24.2 Å². The van der Waals surface area contributed by atoms with Crippen LogP contribution in [0.3, 0.4) is 0 Å². The van der Waals surface area contributed by atoms with Crippen molar-refractivity contribution in [2.45, 2.75) is 33.1 Å². The van der Waals surface area contributed by atoms with Gasteiger partial charge in [0.2, 0.25) is 0 Å². The first-order valence-corrected chi connectivity index (χ1v) is 8.13. The Hall–Kier alpha value is -2.02. The molecule has 1 nitrogen and oxygen atoms in total. The molecule has 0 amide bonds. The first kappa shape index (κ1) is 16.4. The van der Waals surface area contributed by atoms with E-state index in [2.05, 4.69) is 81.2 Å². The lowest BCUT2D eigenvalue weighted by Gasteiger charge is -2.15. The lowest BCUT2D eigenvalue weighted by atomic mass is 9.96. The summed E-state index contributed by atoms with van der Waals surface area (Å²) < 4.78 is 0. The first-order chi connectivity index (χ1) is 10.6. The summed E-state index contributed by atoms with van der Waals surface area (Å²) in [6, 6.07) is 17.5. The van der Waals surface area contributed by atoms with Crippen LogP contribution < -0.4 is 5.32 Å². The smallest absolute Gasteiger partial charge is 0.0340 e. The Bertz CT molecular complexity index is 578. The zero-order valence-corrected chi connectivity index (χ0v) is 14.0. The summed E-state index contributed by atoms with van der Waals surface area (Å²) in [7, 11) is 0. The minimum Gasteiger partial charge on any atom is -0.384 e. The first-order valence-electron chi connectivity index (χ1n) is 8.13. The predicted molar refractivity (Wildman–Crippen MR) is 98.4 cm³/mol. The minimum absolute atomic E-state index is 0.493. The van der Waals surface area contributed by atoms with Crippen LogP contribution in [0.4, 0.5) is 5.69 Å². The maximum atomic E-state index is 3.78. The molecule has 0 heterocycles. The van der Waals surface area contributed by atoms with Gasteiger partial charge in [0.05, 0.1) is 0 Å². The molecule has 1 unspecified atom stereocenters. The molecule has 0 aliphatic carbocycles. The second-order valence-electron chi connectivity index (χ2n) is 6.45.